The van der Waals surface area contributed by atoms with Gasteiger partial charge in [0.15, 0.2) is 0 Å². The standard InChI is InChI=1S/C10H17N5O/c1-16-7-3-6-13-10(15-11)14-9-4-2-5-12-8-9/h2,4-5,8H,3,6-7,11H2,1H3,(H2,13,14,15). The third-order valence-corrected chi connectivity index (χ3v) is 1.84. The lowest BCUT2D eigenvalue weighted by molar-refractivity contribution is 0.197. The molecule has 0 aliphatic rings. The molecule has 88 valence electrons. The fourth-order valence-corrected chi connectivity index (χ4v) is 1.09. The van der Waals surface area contributed by atoms with E-state index < -0.39 is 0 Å². The minimum atomic E-state index is 0.518. The van der Waals surface area contributed by atoms with Crippen molar-refractivity contribution >= 4 is 11.6 Å². The van der Waals surface area contributed by atoms with Gasteiger partial charge in [-0.25, -0.2) is 5.84 Å². The maximum absolute atomic E-state index is 5.34. The highest BCUT2D eigenvalue weighted by Crippen LogP contribution is 2.01. The van der Waals surface area contributed by atoms with E-state index in [1.807, 2.05) is 12.1 Å². The van der Waals surface area contributed by atoms with E-state index in [0.717, 1.165) is 12.1 Å². The zero-order valence-electron chi connectivity index (χ0n) is 9.31. The summed E-state index contributed by atoms with van der Waals surface area (Å²) in [4.78, 5) is 8.21. The Bertz CT molecular complexity index is 314. The van der Waals surface area contributed by atoms with Gasteiger partial charge in [0.25, 0.3) is 0 Å². The molecule has 0 saturated carbocycles. The summed E-state index contributed by atoms with van der Waals surface area (Å²) in [6.07, 6.45) is 4.26. The molecule has 0 amide bonds. The van der Waals surface area contributed by atoms with Crippen LogP contribution >= 0.6 is 0 Å². The molecule has 4 N–H and O–H groups in total. The molecule has 0 radical (unpaired) electrons. The highest BCUT2D eigenvalue weighted by Gasteiger charge is 1.96. The minimum Gasteiger partial charge on any atom is -0.385 e. The molecule has 0 bridgehead atoms. The summed E-state index contributed by atoms with van der Waals surface area (Å²) in [6.45, 7) is 1.34. The molecule has 0 saturated heterocycles. The second-order valence-electron chi connectivity index (χ2n) is 3.09. The number of hydrazine groups is 1. The van der Waals surface area contributed by atoms with Gasteiger partial charge in [-0.15, -0.1) is 0 Å². The van der Waals surface area contributed by atoms with Crippen molar-refractivity contribution in [2.45, 2.75) is 6.42 Å². The number of nitrogens with two attached hydrogens (primary N) is 1. The van der Waals surface area contributed by atoms with Crippen molar-refractivity contribution in [2.24, 2.45) is 10.8 Å². The lowest BCUT2D eigenvalue weighted by Gasteiger charge is -2.08. The first-order chi connectivity index (χ1) is 7.86. The zero-order chi connectivity index (χ0) is 11.6. The Labute approximate surface area is 94.9 Å². The van der Waals surface area contributed by atoms with Crippen LogP contribution in [0.15, 0.2) is 29.5 Å². The number of aromatic nitrogens is 1. The van der Waals surface area contributed by atoms with Crippen LogP contribution in [-0.4, -0.2) is 31.2 Å². The summed E-state index contributed by atoms with van der Waals surface area (Å²) in [5.41, 5.74) is 3.34. The summed E-state index contributed by atoms with van der Waals surface area (Å²) in [6, 6.07) is 3.72. The Hall–Kier alpha value is -1.66. The number of nitrogens with zero attached hydrogens (tertiary/aromatic N) is 2. The third kappa shape index (κ3) is 4.72. The van der Waals surface area contributed by atoms with E-state index in [9.17, 15) is 0 Å². The van der Waals surface area contributed by atoms with Crippen molar-refractivity contribution in [1.29, 1.82) is 0 Å². The Morgan fingerprint density at radius 1 is 1.62 bits per heavy atom. The molecule has 1 heterocycles. The largest absolute Gasteiger partial charge is 0.385 e. The van der Waals surface area contributed by atoms with Crippen molar-refractivity contribution in [3.8, 4) is 0 Å². The van der Waals surface area contributed by atoms with Gasteiger partial charge in [0.2, 0.25) is 5.96 Å². The lowest BCUT2D eigenvalue weighted by atomic mass is 10.4. The average Bonchev–Trinajstić information content (AvgIpc) is 2.34. The molecule has 1 aromatic heterocycles. The molecule has 1 aromatic rings. The van der Waals surface area contributed by atoms with E-state index in [4.69, 9.17) is 10.6 Å². The molecular weight excluding hydrogens is 206 g/mol. The summed E-state index contributed by atoms with van der Waals surface area (Å²) in [7, 11) is 1.67. The van der Waals surface area contributed by atoms with Gasteiger partial charge in [-0.2, -0.15) is 0 Å². The number of anilines is 1. The lowest BCUT2D eigenvalue weighted by Crippen LogP contribution is -2.36. The van der Waals surface area contributed by atoms with Crippen LogP contribution in [0.4, 0.5) is 5.69 Å². The topological polar surface area (TPSA) is 84.6 Å². The monoisotopic (exact) mass is 223 g/mol. The maximum Gasteiger partial charge on any atom is 0.210 e. The number of nitrogens with one attached hydrogen (secondary N) is 2. The first-order valence-corrected chi connectivity index (χ1v) is 5.04. The van der Waals surface area contributed by atoms with Crippen LogP contribution < -0.4 is 16.6 Å². The Morgan fingerprint density at radius 2 is 2.50 bits per heavy atom. The smallest absolute Gasteiger partial charge is 0.210 e. The predicted octanol–water partition coefficient (Wildman–Crippen LogP) is 0.349. The first kappa shape index (κ1) is 12.4. The van der Waals surface area contributed by atoms with E-state index in [1.54, 1.807) is 19.5 Å². The zero-order valence-corrected chi connectivity index (χ0v) is 9.31. The quantitative estimate of drug-likeness (QED) is 0.220. The number of rotatable bonds is 5. The van der Waals surface area contributed by atoms with Crippen molar-refractivity contribution < 1.29 is 4.74 Å². The maximum atomic E-state index is 5.34. The van der Waals surface area contributed by atoms with Crippen LogP contribution in [0.1, 0.15) is 6.42 Å². The second-order valence-corrected chi connectivity index (χ2v) is 3.09. The van der Waals surface area contributed by atoms with E-state index in [-0.39, 0.29) is 0 Å². The summed E-state index contributed by atoms with van der Waals surface area (Å²) in [5, 5.41) is 3.02. The molecule has 6 nitrogen and oxygen atoms in total. The minimum absolute atomic E-state index is 0.518. The normalized spacial score (nSPS) is 11.2. The van der Waals surface area contributed by atoms with E-state index in [1.165, 1.54) is 0 Å². The van der Waals surface area contributed by atoms with Gasteiger partial charge in [-0.3, -0.25) is 15.4 Å². The van der Waals surface area contributed by atoms with Gasteiger partial charge in [0, 0.05) is 26.5 Å². The van der Waals surface area contributed by atoms with Crippen LogP contribution in [0.25, 0.3) is 0 Å². The van der Waals surface area contributed by atoms with Crippen LogP contribution in [0, 0.1) is 0 Å². The highest BCUT2D eigenvalue weighted by atomic mass is 16.5. The molecule has 0 atom stereocenters. The molecule has 1 rings (SSSR count). The molecule has 0 aromatic carbocycles. The second kappa shape index (κ2) is 7.61. The molecule has 0 aliphatic carbocycles. The van der Waals surface area contributed by atoms with Gasteiger partial charge in [0.05, 0.1) is 11.9 Å². The van der Waals surface area contributed by atoms with Crippen molar-refractivity contribution in [3.63, 3.8) is 0 Å². The van der Waals surface area contributed by atoms with Gasteiger partial charge in [-0.05, 0) is 18.6 Å². The number of aliphatic imine (C=N–C) groups is 1. The first-order valence-electron chi connectivity index (χ1n) is 5.04. The van der Waals surface area contributed by atoms with Crippen molar-refractivity contribution in [2.75, 3.05) is 25.6 Å². The highest BCUT2D eigenvalue weighted by molar-refractivity contribution is 5.92. The van der Waals surface area contributed by atoms with Crippen LogP contribution in [-0.2, 0) is 4.74 Å². The molecule has 0 unspecified atom stereocenters. The van der Waals surface area contributed by atoms with Gasteiger partial charge < -0.3 is 10.1 Å². The molecular formula is C10H17N5O. The van der Waals surface area contributed by atoms with Crippen LogP contribution in [0.3, 0.4) is 0 Å². The summed E-state index contributed by atoms with van der Waals surface area (Å²) < 4.78 is 4.92. The molecule has 0 spiro atoms. The summed E-state index contributed by atoms with van der Waals surface area (Å²) in [5.74, 6) is 5.86. The summed E-state index contributed by atoms with van der Waals surface area (Å²) >= 11 is 0. The SMILES string of the molecule is COCCCN=C(NN)Nc1cccnc1. The Kier molecular flexibility index (Phi) is 5.90. The third-order valence-electron chi connectivity index (χ3n) is 1.84. The average molecular weight is 223 g/mol. The Morgan fingerprint density at radius 3 is 3.12 bits per heavy atom. The van der Waals surface area contributed by atoms with Gasteiger partial charge in [0.1, 0.15) is 0 Å². The van der Waals surface area contributed by atoms with Crippen molar-refractivity contribution in [3.05, 3.63) is 24.5 Å². The molecule has 0 aliphatic heterocycles. The van der Waals surface area contributed by atoms with E-state index in [2.05, 4.69) is 20.7 Å². The Balaban J connectivity index is 2.42. The van der Waals surface area contributed by atoms with Crippen LogP contribution in [0.2, 0.25) is 0 Å². The number of pyridine rings is 1. The fraction of sp³-hybridized carbons (Fsp3) is 0.400. The van der Waals surface area contributed by atoms with E-state index >= 15 is 0 Å². The molecule has 16 heavy (non-hydrogen) atoms. The van der Waals surface area contributed by atoms with E-state index in [0.29, 0.717) is 19.1 Å². The van der Waals surface area contributed by atoms with Gasteiger partial charge in [-0.1, -0.05) is 0 Å². The number of ether oxygens (including phenoxy) is 1. The predicted molar refractivity (Wildman–Crippen MR) is 64.0 cm³/mol. The molecule has 0 fully saturated rings. The number of methoxy groups -OCH3 is 1. The number of guanidine groups is 1. The number of hydrogen-bond donors (Lipinski definition) is 3. The molecule has 6 heteroatoms. The number of hydrogen-bond acceptors (Lipinski definition) is 4. The fourth-order valence-electron chi connectivity index (χ4n) is 1.09. The van der Waals surface area contributed by atoms with Crippen molar-refractivity contribution in [1.82, 2.24) is 10.4 Å². The van der Waals surface area contributed by atoms with Crippen LogP contribution in [0.5, 0.6) is 0 Å². The van der Waals surface area contributed by atoms with Gasteiger partial charge >= 0.3 is 0 Å².